The van der Waals surface area contributed by atoms with Crippen LogP contribution in [0, 0.1) is 21.0 Å². The van der Waals surface area contributed by atoms with Gasteiger partial charge in [-0.3, -0.25) is 0 Å². The van der Waals surface area contributed by atoms with E-state index >= 15 is 0 Å². The summed E-state index contributed by atoms with van der Waals surface area (Å²) in [4.78, 5) is 11.3. The van der Waals surface area contributed by atoms with E-state index in [9.17, 15) is 18.0 Å². The van der Waals surface area contributed by atoms with Crippen molar-refractivity contribution < 1.29 is 22.7 Å². The second kappa shape index (κ2) is 5.03. The van der Waals surface area contributed by atoms with E-state index in [-0.39, 0.29) is 3.57 Å². The molecular weight excluding hydrogens is 336 g/mol. The Kier molecular flexibility index (Phi) is 4.17. The van der Waals surface area contributed by atoms with Gasteiger partial charge in [0.05, 0.1) is 15.2 Å². The monoisotopic (exact) mass is 344 g/mol. The smallest absolute Gasteiger partial charge is 0.341 e. The van der Waals surface area contributed by atoms with Crippen LogP contribution in [0.1, 0.15) is 24.2 Å². The summed E-state index contributed by atoms with van der Waals surface area (Å²) in [6, 6.07) is 0.916. The summed E-state index contributed by atoms with van der Waals surface area (Å²) in [5.41, 5.74) is -0.600. The van der Waals surface area contributed by atoms with Crippen molar-refractivity contribution in [1.82, 2.24) is 0 Å². The normalized spacial score (nSPS) is 10.7. The summed E-state index contributed by atoms with van der Waals surface area (Å²) in [5.74, 6) is -5.50. The SMILES string of the molecule is CC(C)OC(=O)c1cc(I)c(F)c(F)c1F. The average molecular weight is 344 g/mol. The van der Waals surface area contributed by atoms with Gasteiger partial charge in [0.15, 0.2) is 17.5 Å². The highest BCUT2D eigenvalue weighted by Gasteiger charge is 2.23. The Morgan fingerprint density at radius 2 is 1.81 bits per heavy atom. The molecule has 88 valence electrons. The predicted molar refractivity (Wildman–Crippen MR) is 59.6 cm³/mol. The number of carbonyl (C=O) groups is 1. The number of hydrogen-bond donors (Lipinski definition) is 0. The molecule has 1 aromatic rings. The maximum absolute atomic E-state index is 13.2. The molecule has 0 heterocycles. The minimum absolute atomic E-state index is 0.174. The van der Waals surface area contributed by atoms with Crippen molar-refractivity contribution in [3.05, 3.63) is 32.7 Å². The first-order valence-corrected chi connectivity index (χ1v) is 5.46. The topological polar surface area (TPSA) is 26.3 Å². The predicted octanol–water partition coefficient (Wildman–Crippen LogP) is 3.27. The molecule has 6 heteroatoms. The molecule has 0 unspecified atom stereocenters. The van der Waals surface area contributed by atoms with Gasteiger partial charge in [-0.05, 0) is 42.5 Å². The third-order valence-electron chi connectivity index (χ3n) is 1.67. The maximum Gasteiger partial charge on any atom is 0.341 e. The molecule has 0 atom stereocenters. The summed E-state index contributed by atoms with van der Waals surface area (Å²) in [5, 5.41) is 0. The molecule has 0 N–H and O–H groups in total. The Bertz CT molecular complexity index is 433. The average Bonchev–Trinajstić information content (AvgIpc) is 2.19. The fraction of sp³-hybridized carbons (Fsp3) is 0.300. The van der Waals surface area contributed by atoms with Crippen molar-refractivity contribution in [2.75, 3.05) is 0 Å². The molecule has 0 aromatic heterocycles. The van der Waals surface area contributed by atoms with Gasteiger partial charge in [-0.1, -0.05) is 0 Å². The molecular formula is C10H8F3IO2. The van der Waals surface area contributed by atoms with Crippen molar-refractivity contribution in [3.63, 3.8) is 0 Å². The van der Waals surface area contributed by atoms with E-state index in [2.05, 4.69) is 0 Å². The van der Waals surface area contributed by atoms with Crippen LogP contribution in [0.4, 0.5) is 13.2 Å². The molecule has 0 saturated carbocycles. The van der Waals surface area contributed by atoms with Crippen molar-refractivity contribution in [3.8, 4) is 0 Å². The van der Waals surface area contributed by atoms with E-state index in [4.69, 9.17) is 4.74 Å². The summed E-state index contributed by atoms with van der Waals surface area (Å²) in [6.45, 7) is 3.14. The van der Waals surface area contributed by atoms with Gasteiger partial charge < -0.3 is 4.74 Å². The number of halogens is 4. The quantitative estimate of drug-likeness (QED) is 0.356. The van der Waals surface area contributed by atoms with Crippen molar-refractivity contribution in [2.24, 2.45) is 0 Å². The summed E-state index contributed by atoms with van der Waals surface area (Å²) >= 11 is 1.47. The fourth-order valence-electron chi connectivity index (χ4n) is 0.999. The number of esters is 1. The van der Waals surface area contributed by atoms with Gasteiger partial charge in [-0.2, -0.15) is 0 Å². The minimum atomic E-state index is -1.66. The number of ether oxygens (including phenoxy) is 1. The molecule has 0 fully saturated rings. The highest BCUT2D eigenvalue weighted by Crippen LogP contribution is 2.22. The van der Waals surface area contributed by atoms with Gasteiger partial charge in [0, 0.05) is 0 Å². The van der Waals surface area contributed by atoms with Gasteiger partial charge in [0.25, 0.3) is 0 Å². The molecule has 2 nitrogen and oxygen atoms in total. The highest BCUT2D eigenvalue weighted by molar-refractivity contribution is 14.1. The van der Waals surface area contributed by atoms with E-state index in [1.54, 1.807) is 13.8 Å². The molecule has 0 aliphatic carbocycles. The third-order valence-corrected chi connectivity index (χ3v) is 2.45. The number of rotatable bonds is 2. The maximum atomic E-state index is 13.2. The van der Waals surface area contributed by atoms with Crippen LogP contribution in [-0.2, 0) is 4.74 Å². The van der Waals surface area contributed by atoms with Gasteiger partial charge in [0.2, 0.25) is 0 Å². The lowest BCUT2D eigenvalue weighted by Crippen LogP contribution is -2.15. The Balaban J connectivity index is 3.20. The number of hydrogen-bond acceptors (Lipinski definition) is 2. The van der Waals surface area contributed by atoms with E-state index in [1.807, 2.05) is 0 Å². The Morgan fingerprint density at radius 3 is 2.31 bits per heavy atom. The molecule has 0 aliphatic heterocycles. The van der Waals surface area contributed by atoms with Crippen LogP contribution in [0.3, 0.4) is 0 Å². The van der Waals surface area contributed by atoms with Gasteiger partial charge in [-0.15, -0.1) is 0 Å². The molecule has 1 aromatic carbocycles. The van der Waals surface area contributed by atoms with E-state index in [1.165, 1.54) is 22.6 Å². The first-order valence-electron chi connectivity index (χ1n) is 4.38. The molecule has 0 spiro atoms. The number of benzene rings is 1. The second-order valence-electron chi connectivity index (χ2n) is 3.30. The fourth-order valence-corrected chi connectivity index (χ4v) is 1.55. The summed E-state index contributed by atoms with van der Waals surface area (Å²) in [6.07, 6.45) is -0.460. The van der Waals surface area contributed by atoms with Crippen LogP contribution in [0.15, 0.2) is 6.07 Å². The van der Waals surface area contributed by atoms with Crippen LogP contribution in [0.25, 0.3) is 0 Å². The first kappa shape index (κ1) is 13.3. The zero-order valence-corrected chi connectivity index (χ0v) is 10.6. The second-order valence-corrected chi connectivity index (χ2v) is 4.46. The molecule has 0 bridgehead atoms. The zero-order valence-electron chi connectivity index (χ0n) is 8.48. The standard InChI is InChI=1S/C10H8F3IO2/c1-4(2)16-10(15)5-3-6(14)8(12)9(13)7(5)11/h3-4H,1-2H3. The van der Waals surface area contributed by atoms with Crippen LogP contribution < -0.4 is 0 Å². The van der Waals surface area contributed by atoms with Gasteiger partial charge in [0.1, 0.15) is 0 Å². The highest BCUT2D eigenvalue weighted by atomic mass is 127. The Morgan fingerprint density at radius 1 is 1.25 bits per heavy atom. The number of carbonyl (C=O) groups excluding carboxylic acids is 1. The first-order chi connectivity index (χ1) is 7.34. The Hall–Kier alpha value is -0.790. The molecule has 0 aliphatic rings. The van der Waals surface area contributed by atoms with Crippen LogP contribution in [-0.4, -0.2) is 12.1 Å². The van der Waals surface area contributed by atoms with E-state index < -0.39 is 35.1 Å². The van der Waals surface area contributed by atoms with Gasteiger partial charge in [-0.25, -0.2) is 18.0 Å². The summed E-state index contributed by atoms with van der Waals surface area (Å²) < 4.78 is 43.7. The molecule has 0 amide bonds. The lowest BCUT2D eigenvalue weighted by atomic mass is 10.2. The molecule has 1 rings (SSSR count). The lowest BCUT2D eigenvalue weighted by molar-refractivity contribution is 0.0371. The zero-order chi connectivity index (χ0) is 12.5. The molecule has 16 heavy (non-hydrogen) atoms. The van der Waals surface area contributed by atoms with Crippen LogP contribution >= 0.6 is 22.6 Å². The van der Waals surface area contributed by atoms with Crippen molar-refractivity contribution in [1.29, 1.82) is 0 Å². The van der Waals surface area contributed by atoms with Crippen LogP contribution in [0.5, 0.6) is 0 Å². The van der Waals surface area contributed by atoms with Crippen molar-refractivity contribution >= 4 is 28.6 Å². The Labute approximate surface area is 104 Å². The van der Waals surface area contributed by atoms with Gasteiger partial charge >= 0.3 is 5.97 Å². The van der Waals surface area contributed by atoms with E-state index in [0.29, 0.717) is 0 Å². The van der Waals surface area contributed by atoms with Crippen LogP contribution in [0.2, 0.25) is 0 Å². The minimum Gasteiger partial charge on any atom is -0.459 e. The molecule has 0 radical (unpaired) electrons. The van der Waals surface area contributed by atoms with Crippen molar-refractivity contribution in [2.45, 2.75) is 20.0 Å². The van der Waals surface area contributed by atoms with E-state index in [0.717, 1.165) is 6.07 Å². The molecule has 0 saturated heterocycles. The largest absolute Gasteiger partial charge is 0.459 e. The lowest BCUT2D eigenvalue weighted by Gasteiger charge is -2.09. The summed E-state index contributed by atoms with van der Waals surface area (Å²) in [7, 11) is 0. The third kappa shape index (κ3) is 2.66.